The number of aliphatic carboxylic acids is 1. The van der Waals surface area contributed by atoms with Crippen LogP contribution in [-0.2, 0) is 51.1 Å². The lowest BCUT2D eigenvalue weighted by Crippen LogP contribution is -2.58. The number of benzene rings is 4. The first-order chi connectivity index (χ1) is 51.2. The number of hydrogen-bond donors (Lipinski definition) is 7. The van der Waals surface area contributed by atoms with E-state index in [1.807, 2.05) is 127 Å². The van der Waals surface area contributed by atoms with Crippen molar-refractivity contribution in [3.8, 4) is 22.8 Å². The van der Waals surface area contributed by atoms with Crippen molar-refractivity contribution < 1.29 is 52.9 Å². The number of hydrogen-bond acceptors (Lipinski definition) is 17. The normalized spacial score (nSPS) is 26.1. The number of alkyl carbamates (subject to hydrolysis) is 2. The largest absolute Gasteiger partial charge is 0.479 e. The Morgan fingerprint density at radius 1 is 0.514 bits per heavy atom. The number of nitrogens with two attached hydrogens (primary N) is 1. The van der Waals surface area contributed by atoms with Crippen LogP contribution in [0.15, 0.2) is 146 Å². The second-order valence-corrected chi connectivity index (χ2v) is 28.9. The minimum absolute atomic E-state index is 0. The van der Waals surface area contributed by atoms with Gasteiger partial charge in [0.05, 0.1) is 12.1 Å². The first-order valence-electron chi connectivity index (χ1n) is 37.7. The summed E-state index contributed by atoms with van der Waals surface area (Å²) >= 11 is 0. The molecule has 4 aromatic carbocycles. The zero-order valence-corrected chi connectivity index (χ0v) is 59.5. The molecule has 6 aromatic rings. The number of allylic oxidation sites excluding steroid dienone is 2. The maximum absolute atomic E-state index is 14.5. The van der Waals surface area contributed by atoms with Crippen molar-refractivity contribution in [2.45, 2.75) is 243 Å². The Labute approximate surface area is 641 Å². The number of aromatic nitrogens is 8. The van der Waals surface area contributed by atoms with Crippen molar-refractivity contribution in [3.63, 3.8) is 0 Å². The second-order valence-electron chi connectivity index (χ2n) is 28.9. The predicted octanol–water partition coefficient (Wildman–Crippen LogP) is 11.0. The Morgan fingerprint density at radius 3 is 1.34 bits per heavy atom. The van der Waals surface area contributed by atoms with Crippen molar-refractivity contribution in [1.82, 2.24) is 76.8 Å². The number of carboxylic acid groups (broad SMARTS) is 1. The van der Waals surface area contributed by atoms with Crippen LogP contribution in [-0.4, -0.2) is 177 Å². The maximum atomic E-state index is 14.5. The van der Waals surface area contributed by atoms with Gasteiger partial charge in [0.15, 0.2) is 0 Å². The predicted molar refractivity (Wildman–Crippen MR) is 415 cm³/mol. The van der Waals surface area contributed by atoms with Gasteiger partial charge in [-0.3, -0.25) is 24.0 Å². The van der Waals surface area contributed by atoms with Gasteiger partial charge in [0.2, 0.25) is 41.2 Å². The van der Waals surface area contributed by atoms with Crippen LogP contribution in [0, 0.1) is 11.8 Å². The molecule has 0 bridgehead atoms. The van der Waals surface area contributed by atoms with Crippen LogP contribution in [0.3, 0.4) is 0 Å². The van der Waals surface area contributed by atoms with Crippen LogP contribution in [0.1, 0.15) is 194 Å². The molecule has 2 unspecified atom stereocenters. The van der Waals surface area contributed by atoms with E-state index in [-0.39, 0.29) is 97.9 Å². The van der Waals surface area contributed by atoms with Crippen LogP contribution in [0.5, 0.6) is 0 Å². The number of rotatable bonds is 15. The van der Waals surface area contributed by atoms with Gasteiger partial charge in [0.1, 0.15) is 47.5 Å². The number of ether oxygens (including phenoxy) is 2. The number of carbonyl (C=O) groups is 8. The lowest BCUT2D eigenvalue weighted by Gasteiger charge is -2.30. The highest BCUT2D eigenvalue weighted by molar-refractivity contribution is 5.99. The Morgan fingerprint density at radius 2 is 0.908 bits per heavy atom. The second kappa shape index (κ2) is 40.3. The van der Waals surface area contributed by atoms with Gasteiger partial charge in [-0.1, -0.05) is 201 Å². The summed E-state index contributed by atoms with van der Waals surface area (Å²) in [4.78, 5) is 115. The number of nitrogens with zero attached hydrogens (tertiary/aromatic N) is 10. The van der Waals surface area contributed by atoms with Crippen LogP contribution in [0.4, 0.5) is 9.59 Å². The molecule has 27 heteroatoms. The molecule has 2 saturated heterocycles. The monoisotopic (exact) mass is 1500 g/mol. The van der Waals surface area contributed by atoms with Crippen molar-refractivity contribution in [3.05, 3.63) is 157 Å². The molecule has 588 valence electrons. The van der Waals surface area contributed by atoms with Gasteiger partial charge in [0.25, 0.3) is 0 Å². The SMILES string of the molecule is C.C.C.C.NCCc1ccccc1.O=C(N[C@H]1CCCCC/C=C\C2C[C@@]2(C(=O)NCCc2ccccc2)NC(=O)[C@@H]2C[C@@H](n3nnc(-c4ccccc4)n3)CN2C1=O)OC1CCCC1.O=C(N[C@H]1CCCCC/C=C\C2C[C@@]2(C(=O)O)NC(=O)[C@@H]2C[C@@H](n3nnc(-c4ccccc4)n3)CN2C1=O)OC1CCCC1. The van der Waals surface area contributed by atoms with E-state index in [2.05, 4.69) is 75.6 Å². The summed E-state index contributed by atoms with van der Waals surface area (Å²) in [6.45, 7) is 1.40. The fourth-order valence-electron chi connectivity index (χ4n) is 15.3. The summed E-state index contributed by atoms with van der Waals surface area (Å²) in [5.41, 5.74) is 6.84. The summed E-state index contributed by atoms with van der Waals surface area (Å²) in [5, 5.41) is 50.9. The van der Waals surface area contributed by atoms with Crippen molar-refractivity contribution in [2.75, 3.05) is 26.2 Å². The molecule has 4 aliphatic heterocycles. The summed E-state index contributed by atoms with van der Waals surface area (Å²) in [6.07, 6.45) is 23.7. The number of nitrogens with one attached hydrogen (secondary N) is 5. The number of amides is 7. The van der Waals surface area contributed by atoms with E-state index in [4.69, 9.17) is 15.2 Å². The molecule has 8 aliphatic rings. The van der Waals surface area contributed by atoms with Gasteiger partial charge in [-0.25, -0.2) is 14.4 Å². The Balaban J connectivity index is 0.000000240. The minimum Gasteiger partial charge on any atom is -0.479 e. The third-order valence-electron chi connectivity index (χ3n) is 21.4. The molecule has 27 nitrogen and oxygen atoms in total. The first-order valence-corrected chi connectivity index (χ1v) is 37.7. The average molecular weight is 1500 g/mol. The smallest absolute Gasteiger partial charge is 0.408 e. The van der Waals surface area contributed by atoms with Crippen molar-refractivity contribution in [1.29, 1.82) is 0 Å². The fraction of sp³-hybridized carbons (Fsp3) is 0.537. The van der Waals surface area contributed by atoms with E-state index in [0.29, 0.717) is 56.7 Å². The van der Waals surface area contributed by atoms with Crippen LogP contribution >= 0.6 is 0 Å². The van der Waals surface area contributed by atoms with E-state index in [9.17, 15) is 43.5 Å². The van der Waals surface area contributed by atoms with Crippen molar-refractivity contribution in [2.24, 2.45) is 17.6 Å². The first kappa shape index (κ1) is 84.4. The molecule has 10 atom stereocenters. The summed E-state index contributed by atoms with van der Waals surface area (Å²) in [7, 11) is 0. The summed E-state index contributed by atoms with van der Waals surface area (Å²) < 4.78 is 11.3. The van der Waals surface area contributed by atoms with Gasteiger partial charge < -0.3 is 56.7 Å². The lowest BCUT2D eigenvalue weighted by atomic mass is 10.0. The molecule has 8 N–H and O–H groups in total. The van der Waals surface area contributed by atoms with Crippen LogP contribution in [0.25, 0.3) is 22.8 Å². The molecule has 14 rings (SSSR count). The number of carboxylic acids is 1. The molecule has 7 amide bonds. The van der Waals surface area contributed by atoms with E-state index >= 15 is 0 Å². The zero-order valence-electron chi connectivity index (χ0n) is 59.5. The van der Waals surface area contributed by atoms with Gasteiger partial charge in [-0.2, -0.15) is 9.59 Å². The highest BCUT2D eigenvalue weighted by atomic mass is 16.6. The molecular weight excluding hydrogens is 1390 g/mol. The van der Waals surface area contributed by atoms with E-state index in [0.717, 1.165) is 120 Å². The van der Waals surface area contributed by atoms with Crippen LogP contribution < -0.4 is 32.3 Å². The summed E-state index contributed by atoms with van der Waals surface area (Å²) in [5.74, 6) is -2.71. The topological polar surface area (TPSA) is 355 Å². The fourth-order valence-corrected chi connectivity index (χ4v) is 15.3. The molecule has 6 fully saturated rings. The Kier molecular flexibility index (Phi) is 31.2. The molecule has 2 aromatic heterocycles. The molecule has 4 saturated carbocycles. The molecule has 109 heavy (non-hydrogen) atoms. The maximum Gasteiger partial charge on any atom is 0.408 e. The molecule has 6 heterocycles. The van der Waals surface area contributed by atoms with Gasteiger partial charge in [0, 0.05) is 55.4 Å². The highest BCUT2D eigenvalue weighted by Gasteiger charge is 2.62. The number of fused-ring (bicyclic) bond motifs is 4. The zero-order chi connectivity index (χ0) is 73.1. The van der Waals surface area contributed by atoms with E-state index in [1.165, 1.54) is 25.0 Å². The highest BCUT2D eigenvalue weighted by Crippen LogP contribution is 2.47. The van der Waals surface area contributed by atoms with Gasteiger partial charge in [-0.15, -0.1) is 20.4 Å². The molecule has 0 spiro atoms. The molecule has 4 aliphatic carbocycles. The Bertz CT molecular complexity index is 3980. The van der Waals surface area contributed by atoms with E-state index < -0.39 is 83.2 Å². The third-order valence-corrected chi connectivity index (χ3v) is 21.4. The number of carbonyl (C=O) groups excluding carboxylic acids is 7. The van der Waals surface area contributed by atoms with E-state index in [1.54, 1.807) is 0 Å². The lowest BCUT2D eigenvalue weighted by molar-refractivity contribution is -0.145. The minimum atomic E-state index is -1.41. The third kappa shape index (κ3) is 21.8. The Hall–Kier alpha value is -10.2. The van der Waals surface area contributed by atoms with Crippen LogP contribution in [0.2, 0.25) is 0 Å². The standard InChI is InChI=1S/C39H48N8O5.C31H39N7O6.C8H11N.4CH4/c48-35-33-24-30(47-44-34(43-45-47)28-16-8-5-9-17-28)26-46(33)36(49)32(41-38(51)52-31-19-12-13-20-31)21-11-3-1-2-10-18-29-25-39(29,42-35)37(50)40-23-22-27-14-6-4-7-15-27;39-27-25-17-22(38-35-26(34-36-38)20-11-5-4-6-12-20)19-37(25)28(40)24(32-30(43)44-23-14-9-10-15-23)16-8-3-1-2-7-13-21-18-31(21,33-27)29(41)42;9-7-6-8-4-2-1-3-5-8;;;;/h4-10,14-18,29-33H,1-3,11-13,19-26H2,(H,40,50)(H,41,51)(H,42,48);4-7,11-13,21-25H,1-3,8-10,14-19H2,(H,32,43)(H,33,39)(H,41,42);1-5H,6-7,9H2;4*1H4/b18-10-;13-7-;;;;;/t29?,30-,32+,33+,39-;21?,22-,24+,25+,31-;;;;;/m11...../s1. The molecule has 0 radical (unpaired) electrons. The molecular formula is C82H114N16O11. The average Bonchev–Trinajstić information content (AvgIpc) is 1.59. The number of tetrazole rings is 2. The summed E-state index contributed by atoms with van der Waals surface area (Å²) in [6, 6.07) is 34.4. The quantitative estimate of drug-likeness (QED) is 0.0470. The van der Waals surface area contributed by atoms with Gasteiger partial charge >= 0.3 is 18.2 Å². The van der Waals surface area contributed by atoms with Crippen molar-refractivity contribution >= 4 is 47.7 Å². The van der Waals surface area contributed by atoms with Gasteiger partial charge in [-0.05, 0) is 144 Å².